The van der Waals surface area contributed by atoms with Crippen LogP contribution in [0.5, 0.6) is 0 Å². The molecule has 0 heterocycles. The van der Waals surface area contributed by atoms with Crippen molar-refractivity contribution in [2.75, 3.05) is 0 Å². The summed E-state index contributed by atoms with van der Waals surface area (Å²) in [6, 6.07) is 0. The normalized spacial score (nSPS) is 0.857. The monoisotopic (exact) mass is 137 g/mol. The zero-order valence-corrected chi connectivity index (χ0v) is 4.22. The van der Waals surface area contributed by atoms with E-state index >= 15 is 0 Å². The first kappa shape index (κ1) is 37.9. The molecule has 3 nitrogen and oxygen atoms in total. The molecule has 0 aliphatic carbocycles. The predicted molar refractivity (Wildman–Crippen MR) is 14.9 cm³/mol. The molecule has 1 radical (unpaired) electrons. The van der Waals surface area contributed by atoms with E-state index in [-0.39, 0.29) is 16.8 Å². The van der Waals surface area contributed by atoms with Gasteiger partial charge in [-0.15, -0.1) is 0 Å². The molecule has 0 atom stereocenters. The van der Waals surface area contributed by atoms with Crippen LogP contribution in [0.15, 0.2) is 0 Å². The van der Waals surface area contributed by atoms with Gasteiger partial charge in [0.15, 0.2) is 0 Å². The average molecular weight is 137 g/mol. The van der Waals surface area contributed by atoms with Crippen LogP contribution >= 0.6 is 0 Å². The Morgan fingerprint density at radius 2 is 0.571 bits per heavy atom. The summed E-state index contributed by atoms with van der Waals surface area (Å²) in [5, 5.41) is 18.8. The summed E-state index contributed by atoms with van der Waals surface area (Å²) >= 11 is 0. The van der Waals surface area contributed by atoms with E-state index in [1.807, 2.05) is 0 Å². The van der Waals surface area contributed by atoms with E-state index in [0.717, 1.165) is 0 Å². The molecule has 0 aliphatic rings. The fourth-order valence-electron chi connectivity index (χ4n) is 0. The van der Waals surface area contributed by atoms with E-state index in [9.17, 15) is 0 Å². The number of hydrogen-bond donors (Lipinski definition) is 0. The van der Waals surface area contributed by atoms with Crippen LogP contribution in [0.2, 0.25) is 0 Å². The molecule has 0 fully saturated rings. The molecule has 0 saturated carbocycles. The smallest absolute Gasteiger partial charge is 0.512 e. The zero-order chi connectivity index (χ0) is 6.00. The summed E-state index contributed by atoms with van der Waals surface area (Å²) in [5.41, 5.74) is 0. The van der Waals surface area contributed by atoms with Crippen LogP contribution < -0.4 is 0 Å². The molecular formula is C3CoN3-. The molecule has 0 aromatic rings. The third kappa shape index (κ3) is 42.1. The van der Waals surface area contributed by atoms with Gasteiger partial charge in [0.25, 0.3) is 0 Å². The summed E-state index contributed by atoms with van der Waals surface area (Å²) < 4.78 is 0. The molecule has 0 aromatic carbocycles. The van der Waals surface area contributed by atoms with Gasteiger partial charge < -0.3 is 35.5 Å². The van der Waals surface area contributed by atoms with E-state index in [0.29, 0.717) is 0 Å². The van der Waals surface area contributed by atoms with E-state index in [1.165, 1.54) is 0 Å². The molecule has 0 N–H and O–H groups in total. The Labute approximate surface area is 53.0 Å². The standard InChI is InChI=1S/3CN.Co/c3*1-2;/q3*-1;+2. The molecule has 0 bridgehead atoms. The van der Waals surface area contributed by atoms with Crippen LogP contribution in [0.1, 0.15) is 0 Å². The molecule has 0 rings (SSSR count). The Kier molecular flexibility index (Phi) is 407. The molecule has 7 heavy (non-hydrogen) atoms. The van der Waals surface area contributed by atoms with Gasteiger partial charge in [-0.05, 0) is 0 Å². The van der Waals surface area contributed by atoms with Crippen LogP contribution in [0, 0.1) is 35.5 Å². The van der Waals surface area contributed by atoms with Crippen LogP contribution in [-0.2, 0) is 16.8 Å². The largest absolute Gasteiger partial charge is 2.00 e. The minimum atomic E-state index is 0. The first-order chi connectivity index (χ1) is 3.00. The van der Waals surface area contributed by atoms with Crippen molar-refractivity contribution in [2.45, 2.75) is 0 Å². The Balaban J connectivity index is -0.00000000900. The maximum Gasteiger partial charge on any atom is 2.00 e. The van der Waals surface area contributed by atoms with Gasteiger partial charge in [0.05, 0.1) is 0 Å². The summed E-state index contributed by atoms with van der Waals surface area (Å²) in [5.74, 6) is 0. The number of rotatable bonds is 0. The minimum absolute atomic E-state index is 0. The first-order valence-corrected chi connectivity index (χ1v) is 0.671. The van der Waals surface area contributed by atoms with Gasteiger partial charge in [0, 0.05) is 0 Å². The summed E-state index contributed by atoms with van der Waals surface area (Å²) in [6.07, 6.45) is 0. The Morgan fingerprint density at radius 3 is 0.571 bits per heavy atom. The molecule has 0 aromatic heterocycles. The molecule has 0 saturated heterocycles. The molecule has 0 unspecified atom stereocenters. The van der Waals surface area contributed by atoms with Crippen LogP contribution in [0.25, 0.3) is 0 Å². The Morgan fingerprint density at radius 1 is 0.571 bits per heavy atom. The van der Waals surface area contributed by atoms with Gasteiger partial charge in [-0.1, -0.05) is 0 Å². The maximum absolute atomic E-state index is 6.25. The van der Waals surface area contributed by atoms with Gasteiger partial charge >= 0.3 is 16.8 Å². The van der Waals surface area contributed by atoms with Gasteiger partial charge in [-0.2, -0.15) is 0 Å². The SMILES string of the molecule is [C-]#N.[C-]#N.[C-]#N.[Co+2]. The second-order valence-electron chi connectivity index (χ2n) is 0. The van der Waals surface area contributed by atoms with Crippen LogP contribution in [-0.4, -0.2) is 0 Å². The molecule has 0 amide bonds. The number of hydrogen-bond acceptors (Lipinski definition) is 3. The summed E-state index contributed by atoms with van der Waals surface area (Å²) in [6.45, 7) is 14.2. The topological polar surface area (TPSA) is 71.4 Å². The van der Waals surface area contributed by atoms with Gasteiger partial charge in [-0.25, -0.2) is 0 Å². The molecule has 0 spiro atoms. The van der Waals surface area contributed by atoms with E-state index in [4.69, 9.17) is 35.5 Å². The van der Waals surface area contributed by atoms with Gasteiger partial charge in [0.2, 0.25) is 0 Å². The molecular weight excluding hydrogens is 137 g/mol. The molecule has 4 heteroatoms. The maximum atomic E-state index is 6.25. The third-order valence-corrected chi connectivity index (χ3v) is 0. The Bertz CT molecular complexity index is 38.7. The second kappa shape index (κ2) is 75.1. The van der Waals surface area contributed by atoms with E-state index < -0.39 is 0 Å². The van der Waals surface area contributed by atoms with Gasteiger partial charge in [0.1, 0.15) is 0 Å². The van der Waals surface area contributed by atoms with E-state index in [2.05, 4.69) is 0 Å². The van der Waals surface area contributed by atoms with Crippen molar-refractivity contribution >= 4 is 0 Å². The van der Waals surface area contributed by atoms with Crippen molar-refractivity contribution < 1.29 is 16.8 Å². The summed E-state index contributed by atoms with van der Waals surface area (Å²) in [7, 11) is 0. The predicted octanol–water partition coefficient (Wildman–Crippen LogP) is 0.287. The van der Waals surface area contributed by atoms with Crippen molar-refractivity contribution in [2.24, 2.45) is 0 Å². The Hall–Kier alpha value is -1.02. The number of nitrogens with zero attached hydrogens (tertiary/aromatic N) is 3. The quantitative estimate of drug-likeness (QED) is 0.450. The van der Waals surface area contributed by atoms with Crippen molar-refractivity contribution in [1.29, 1.82) is 15.8 Å². The zero-order valence-electron chi connectivity index (χ0n) is 3.17. The van der Waals surface area contributed by atoms with Crippen LogP contribution in [0.3, 0.4) is 0 Å². The van der Waals surface area contributed by atoms with E-state index in [1.54, 1.807) is 0 Å². The first-order valence-electron chi connectivity index (χ1n) is 0.671. The molecule has 37 valence electrons. The van der Waals surface area contributed by atoms with Crippen molar-refractivity contribution in [3.05, 3.63) is 19.7 Å². The second-order valence-corrected chi connectivity index (χ2v) is 0. The molecule has 0 aliphatic heterocycles. The average Bonchev–Trinajstić information content (AvgIpc) is 1.81. The van der Waals surface area contributed by atoms with Crippen LogP contribution in [0.4, 0.5) is 0 Å². The minimum Gasteiger partial charge on any atom is -0.512 e. The third-order valence-electron chi connectivity index (χ3n) is 0. The van der Waals surface area contributed by atoms with Crippen molar-refractivity contribution in [3.8, 4) is 0 Å². The summed E-state index contributed by atoms with van der Waals surface area (Å²) in [4.78, 5) is 0. The van der Waals surface area contributed by atoms with Crippen molar-refractivity contribution in [1.82, 2.24) is 0 Å². The van der Waals surface area contributed by atoms with Gasteiger partial charge in [-0.3, -0.25) is 0 Å². The fourth-order valence-corrected chi connectivity index (χ4v) is 0. The fraction of sp³-hybridized carbons (Fsp3) is 0. The van der Waals surface area contributed by atoms with Crippen molar-refractivity contribution in [3.63, 3.8) is 0 Å².